The molecule has 0 unspecified atom stereocenters. The second-order valence-corrected chi connectivity index (χ2v) is 3.37. The number of alkyl halides is 3. The highest BCUT2D eigenvalue weighted by Crippen LogP contribution is 2.35. The molecule has 0 amide bonds. The van der Waals surface area contributed by atoms with Gasteiger partial charge in [0, 0.05) is 5.56 Å². The van der Waals surface area contributed by atoms with E-state index in [1.54, 1.807) is 0 Å². The third-order valence-corrected chi connectivity index (χ3v) is 2.43. The first-order valence-corrected chi connectivity index (χ1v) is 4.37. The third-order valence-electron chi connectivity index (χ3n) is 2.43. The van der Waals surface area contributed by atoms with Gasteiger partial charge in [-0.05, 0) is 25.7 Å². The Morgan fingerprint density at radius 1 is 1.21 bits per heavy atom. The van der Waals surface area contributed by atoms with Gasteiger partial charge in [0.25, 0.3) is 0 Å². The molecule has 1 aromatic rings. The molecular formula is C8H9F3N2O. The van der Waals surface area contributed by atoms with Gasteiger partial charge in [0.05, 0.1) is 5.69 Å². The van der Waals surface area contributed by atoms with Gasteiger partial charge in [0.2, 0.25) is 0 Å². The lowest BCUT2D eigenvalue weighted by atomic mass is 9.96. The van der Waals surface area contributed by atoms with E-state index < -0.39 is 11.9 Å². The molecule has 1 aliphatic carbocycles. The van der Waals surface area contributed by atoms with Crippen LogP contribution in [-0.2, 0) is 19.0 Å². The fraction of sp³-hybridized carbons (Fsp3) is 0.625. The summed E-state index contributed by atoms with van der Waals surface area (Å²) < 4.78 is 37.2. The molecule has 0 aliphatic heterocycles. The van der Waals surface area contributed by atoms with E-state index in [4.69, 9.17) is 5.21 Å². The molecule has 14 heavy (non-hydrogen) atoms. The van der Waals surface area contributed by atoms with Gasteiger partial charge in [-0.1, -0.05) is 0 Å². The normalized spacial score (nSPS) is 16.8. The second-order valence-electron chi connectivity index (χ2n) is 3.37. The van der Waals surface area contributed by atoms with Crippen molar-refractivity contribution in [2.24, 2.45) is 0 Å². The summed E-state index contributed by atoms with van der Waals surface area (Å²) in [6.07, 6.45) is -2.12. The van der Waals surface area contributed by atoms with Crippen LogP contribution >= 0.6 is 0 Å². The number of hydrogen-bond donors (Lipinski definition) is 1. The van der Waals surface area contributed by atoms with E-state index in [1.165, 1.54) is 0 Å². The standard InChI is InChI=1S/C8H9F3N2O/c9-8(10,11)7-5-3-1-2-4-6(5)13(14)12-7/h14H,1-4H2. The van der Waals surface area contributed by atoms with Gasteiger partial charge in [-0.3, -0.25) is 0 Å². The van der Waals surface area contributed by atoms with Crippen LogP contribution in [0.3, 0.4) is 0 Å². The van der Waals surface area contributed by atoms with Crippen LogP contribution in [0.4, 0.5) is 13.2 Å². The zero-order chi connectivity index (χ0) is 10.3. The first kappa shape index (κ1) is 9.36. The number of fused-ring (bicyclic) bond motifs is 1. The first-order valence-electron chi connectivity index (χ1n) is 4.37. The predicted octanol–water partition coefficient (Wildman–Crippen LogP) is 2.02. The Morgan fingerprint density at radius 2 is 1.86 bits per heavy atom. The highest BCUT2D eigenvalue weighted by atomic mass is 19.4. The minimum Gasteiger partial charge on any atom is -0.411 e. The zero-order valence-electron chi connectivity index (χ0n) is 7.30. The predicted molar refractivity (Wildman–Crippen MR) is 41.1 cm³/mol. The highest BCUT2D eigenvalue weighted by molar-refractivity contribution is 5.30. The van der Waals surface area contributed by atoms with E-state index in [9.17, 15) is 13.2 Å². The molecule has 0 fully saturated rings. The summed E-state index contributed by atoms with van der Waals surface area (Å²) in [6, 6.07) is 0. The fourth-order valence-electron chi connectivity index (χ4n) is 1.81. The lowest BCUT2D eigenvalue weighted by Gasteiger charge is -2.12. The van der Waals surface area contributed by atoms with Crippen molar-refractivity contribution in [2.45, 2.75) is 31.9 Å². The van der Waals surface area contributed by atoms with Gasteiger partial charge in [-0.15, -0.1) is 9.94 Å². The highest BCUT2D eigenvalue weighted by Gasteiger charge is 2.39. The molecule has 0 saturated carbocycles. The van der Waals surface area contributed by atoms with Crippen LogP contribution in [0.25, 0.3) is 0 Å². The summed E-state index contributed by atoms with van der Waals surface area (Å²) in [7, 11) is 0. The molecule has 0 radical (unpaired) electrons. The summed E-state index contributed by atoms with van der Waals surface area (Å²) in [4.78, 5) is 0.372. The van der Waals surface area contributed by atoms with Crippen molar-refractivity contribution in [2.75, 3.05) is 0 Å². The summed E-state index contributed by atoms with van der Waals surface area (Å²) in [5.74, 6) is 0. The van der Waals surface area contributed by atoms with Gasteiger partial charge in [-0.25, -0.2) is 0 Å². The molecule has 1 aromatic heterocycles. The Hall–Kier alpha value is -1.20. The van der Waals surface area contributed by atoms with Crippen LogP contribution in [-0.4, -0.2) is 15.2 Å². The molecule has 0 aromatic carbocycles. The summed E-state index contributed by atoms with van der Waals surface area (Å²) in [5.41, 5.74) is -0.468. The Kier molecular flexibility index (Phi) is 1.94. The van der Waals surface area contributed by atoms with E-state index in [1.807, 2.05) is 0 Å². The minimum atomic E-state index is -4.46. The molecule has 0 spiro atoms. The fourth-order valence-corrected chi connectivity index (χ4v) is 1.81. The summed E-state index contributed by atoms with van der Waals surface area (Å²) >= 11 is 0. The smallest absolute Gasteiger partial charge is 0.411 e. The lowest BCUT2D eigenvalue weighted by Crippen LogP contribution is -2.11. The minimum absolute atomic E-state index is 0.159. The molecule has 6 heteroatoms. The van der Waals surface area contributed by atoms with Gasteiger partial charge in [-0.2, -0.15) is 13.2 Å². The van der Waals surface area contributed by atoms with E-state index >= 15 is 0 Å². The Morgan fingerprint density at radius 3 is 2.50 bits per heavy atom. The van der Waals surface area contributed by atoms with Crippen LogP contribution in [0.2, 0.25) is 0 Å². The van der Waals surface area contributed by atoms with E-state index in [0.29, 0.717) is 23.4 Å². The largest absolute Gasteiger partial charge is 0.435 e. The number of halogens is 3. The van der Waals surface area contributed by atoms with Crippen molar-refractivity contribution < 1.29 is 18.4 Å². The quantitative estimate of drug-likeness (QED) is 0.659. The number of rotatable bonds is 0. The zero-order valence-corrected chi connectivity index (χ0v) is 7.30. The summed E-state index contributed by atoms with van der Waals surface area (Å²) in [5, 5.41) is 12.3. The van der Waals surface area contributed by atoms with Crippen LogP contribution in [0.15, 0.2) is 0 Å². The van der Waals surface area contributed by atoms with Crippen LogP contribution < -0.4 is 0 Å². The van der Waals surface area contributed by atoms with Gasteiger partial charge in [0.1, 0.15) is 0 Å². The lowest BCUT2D eigenvalue weighted by molar-refractivity contribution is -0.143. The Bertz CT molecular complexity index is 356. The van der Waals surface area contributed by atoms with E-state index in [2.05, 4.69) is 5.10 Å². The molecule has 3 nitrogen and oxygen atoms in total. The molecule has 1 heterocycles. The second kappa shape index (κ2) is 2.90. The van der Waals surface area contributed by atoms with Crippen LogP contribution in [0.5, 0.6) is 0 Å². The van der Waals surface area contributed by atoms with Crippen molar-refractivity contribution in [3.63, 3.8) is 0 Å². The van der Waals surface area contributed by atoms with Gasteiger partial charge in [0.15, 0.2) is 5.69 Å². The molecule has 1 N–H and O–H groups in total. The SMILES string of the molecule is On1nc(C(F)(F)F)c2c1CCCC2. The molecule has 2 rings (SSSR count). The molecule has 0 atom stereocenters. The van der Waals surface area contributed by atoms with Crippen molar-refractivity contribution in [1.82, 2.24) is 9.94 Å². The first-order chi connectivity index (χ1) is 6.50. The molecule has 0 bridgehead atoms. The van der Waals surface area contributed by atoms with Crippen molar-refractivity contribution in [3.05, 3.63) is 17.0 Å². The Balaban J connectivity index is 2.52. The average Bonchev–Trinajstić information content (AvgIpc) is 2.44. The molecule has 0 saturated heterocycles. The summed E-state index contributed by atoms with van der Waals surface area (Å²) in [6.45, 7) is 0. The maximum absolute atomic E-state index is 12.4. The number of hydrogen-bond acceptors (Lipinski definition) is 2. The number of nitrogens with zero attached hydrogens (tertiary/aromatic N) is 2. The van der Waals surface area contributed by atoms with Gasteiger partial charge >= 0.3 is 6.18 Å². The van der Waals surface area contributed by atoms with Crippen LogP contribution in [0.1, 0.15) is 29.8 Å². The Labute approximate surface area is 78.1 Å². The third kappa shape index (κ3) is 1.34. The molecule has 1 aliphatic rings. The van der Waals surface area contributed by atoms with Crippen LogP contribution in [0, 0.1) is 0 Å². The average molecular weight is 206 g/mol. The van der Waals surface area contributed by atoms with Crippen molar-refractivity contribution in [1.29, 1.82) is 0 Å². The van der Waals surface area contributed by atoms with Crippen molar-refractivity contribution in [3.8, 4) is 0 Å². The van der Waals surface area contributed by atoms with Crippen molar-refractivity contribution >= 4 is 0 Å². The maximum atomic E-state index is 12.4. The van der Waals surface area contributed by atoms with Gasteiger partial charge < -0.3 is 5.21 Å². The topological polar surface area (TPSA) is 38.0 Å². The number of aromatic nitrogens is 2. The molecule has 78 valence electrons. The van der Waals surface area contributed by atoms with E-state index in [-0.39, 0.29) is 5.56 Å². The maximum Gasteiger partial charge on any atom is 0.435 e. The van der Waals surface area contributed by atoms with E-state index in [0.717, 1.165) is 12.8 Å². The monoisotopic (exact) mass is 206 g/mol. The molecular weight excluding hydrogens is 197 g/mol.